The number of thioether (sulfide) groups is 1. The molecule has 20 heavy (non-hydrogen) atoms. The summed E-state index contributed by atoms with van der Waals surface area (Å²) in [4.78, 5) is 0. The molecular formula is C18H23NS. The lowest BCUT2D eigenvalue weighted by molar-refractivity contribution is 0.631. The first kappa shape index (κ1) is 15.1. The molecule has 0 saturated carbocycles. The molecule has 2 rings (SSSR count). The van der Waals surface area contributed by atoms with E-state index in [0.717, 1.165) is 12.3 Å². The molecule has 0 aromatic heterocycles. The van der Waals surface area contributed by atoms with Crippen LogP contribution in [0, 0.1) is 13.8 Å². The third-order valence-corrected chi connectivity index (χ3v) is 4.14. The van der Waals surface area contributed by atoms with Crippen molar-refractivity contribution in [2.45, 2.75) is 19.9 Å². The van der Waals surface area contributed by atoms with Crippen molar-refractivity contribution in [2.24, 2.45) is 0 Å². The second kappa shape index (κ2) is 7.51. The summed E-state index contributed by atoms with van der Waals surface area (Å²) < 4.78 is 0. The second-order valence-corrected chi connectivity index (χ2v) is 6.14. The molecule has 2 heteroatoms. The Balaban J connectivity index is 2.30. The third-order valence-electron chi connectivity index (χ3n) is 3.52. The zero-order valence-electron chi connectivity index (χ0n) is 12.5. The van der Waals surface area contributed by atoms with Gasteiger partial charge in [0.2, 0.25) is 0 Å². The van der Waals surface area contributed by atoms with Gasteiger partial charge in [0.05, 0.1) is 6.04 Å². The zero-order valence-corrected chi connectivity index (χ0v) is 13.3. The molecule has 2 aromatic carbocycles. The molecule has 0 aliphatic carbocycles. The fraction of sp³-hybridized carbons (Fsp3) is 0.333. The van der Waals surface area contributed by atoms with Crippen LogP contribution in [0.2, 0.25) is 0 Å². The normalized spacial score (nSPS) is 12.3. The van der Waals surface area contributed by atoms with E-state index in [1.54, 1.807) is 0 Å². The molecule has 2 aromatic rings. The minimum atomic E-state index is 0.281. The van der Waals surface area contributed by atoms with Gasteiger partial charge in [-0.3, -0.25) is 0 Å². The van der Waals surface area contributed by atoms with Crippen LogP contribution < -0.4 is 5.32 Å². The van der Waals surface area contributed by atoms with Crippen molar-refractivity contribution in [3.63, 3.8) is 0 Å². The van der Waals surface area contributed by atoms with Crippen LogP contribution in [0.3, 0.4) is 0 Å². The monoisotopic (exact) mass is 285 g/mol. The van der Waals surface area contributed by atoms with Crippen molar-refractivity contribution in [3.05, 3.63) is 70.8 Å². The van der Waals surface area contributed by atoms with Crippen LogP contribution in [0.25, 0.3) is 0 Å². The van der Waals surface area contributed by atoms with E-state index in [0.29, 0.717) is 0 Å². The van der Waals surface area contributed by atoms with Gasteiger partial charge in [0.1, 0.15) is 0 Å². The predicted molar refractivity (Wildman–Crippen MR) is 90.6 cm³/mol. The highest BCUT2D eigenvalue weighted by atomic mass is 32.2. The molecule has 1 unspecified atom stereocenters. The van der Waals surface area contributed by atoms with E-state index in [2.05, 4.69) is 74.0 Å². The Hall–Kier alpha value is -1.25. The van der Waals surface area contributed by atoms with Gasteiger partial charge >= 0.3 is 0 Å². The van der Waals surface area contributed by atoms with Crippen molar-refractivity contribution >= 4 is 11.8 Å². The number of aryl methyl sites for hydroxylation is 2. The molecule has 0 bridgehead atoms. The van der Waals surface area contributed by atoms with Gasteiger partial charge in [0.25, 0.3) is 0 Å². The number of nitrogens with one attached hydrogen (secondary N) is 1. The molecule has 106 valence electrons. The summed E-state index contributed by atoms with van der Waals surface area (Å²) in [5.74, 6) is 1.13. The Labute approximate surface area is 126 Å². The summed E-state index contributed by atoms with van der Waals surface area (Å²) in [5, 5.41) is 3.69. The largest absolute Gasteiger partial charge is 0.305 e. The number of hydrogen-bond acceptors (Lipinski definition) is 2. The quantitative estimate of drug-likeness (QED) is 0.792. The molecule has 1 atom stereocenters. The summed E-state index contributed by atoms with van der Waals surface area (Å²) in [6.07, 6.45) is 2.15. The van der Waals surface area contributed by atoms with Crippen LogP contribution in [0.1, 0.15) is 28.3 Å². The standard InChI is InChI=1S/C18H23NS/c1-14-9-10-17(15(2)13-14)18(19-11-12-20-3)16-7-5-4-6-8-16/h4-10,13,18-19H,11-12H2,1-3H3. The topological polar surface area (TPSA) is 12.0 Å². The average molecular weight is 285 g/mol. The van der Waals surface area contributed by atoms with E-state index in [1.807, 2.05) is 11.8 Å². The van der Waals surface area contributed by atoms with Gasteiger partial charge in [0, 0.05) is 12.3 Å². The fourth-order valence-electron chi connectivity index (χ4n) is 2.51. The SMILES string of the molecule is CSCCNC(c1ccccc1)c1ccc(C)cc1C. The van der Waals surface area contributed by atoms with Crippen molar-refractivity contribution < 1.29 is 0 Å². The maximum absolute atomic E-state index is 3.69. The molecule has 0 fully saturated rings. The number of benzene rings is 2. The van der Waals surface area contributed by atoms with E-state index >= 15 is 0 Å². The van der Waals surface area contributed by atoms with Gasteiger partial charge in [0.15, 0.2) is 0 Å². The Morgan fingerprint density at radius 1 is 1.05 bits per heavy atom. The lowest BCUT2D eigenvalue weighted by Crippen LogP contribution is -2.25. The van der Waals surface area contributed by atoms with Gasteiger partial charge in [-0.1, -0.05) is 54.1 Å². The summed E-state index contributed by atoms with van der Waals surface area (Å²) in [6.45, 7) is 5.37. The summed E-state index contributed by atoms with van der Waals surface area (Å²) >= 11 is 1.88. The Kier molecular flexibility index (Phi) is 5.69. The highest BCUT2D eigenvalue weighted by Crippen LogP contribution is 2.25. The van der Waals surface area contributed by atoms with Crippen LogP contribution in [0.15, 0.2) is 48.5 Å². The van der Waals surface area contributed by atoms with E-state index in [1.165, 1.54) is 22.3 Å². The smallest absolute Gasteiger partial charge is 0.0579 e. The minimum Gasteiger partial charge on any atom is -0.305 e. The molecule has 0 spiro atoms. The molecule has 0 saturated heterocycles. The Bertz CT molecular complexity index is 536. The molecule has 1 nitrogen and oxygen atoms in total. The third kappa shape index (κ3) is 3.87. The first-order chi connectivity index (χ1) is 9.72. The maximum Gasteiger partial charge on any atom is 0.0579 e. The average Bonchev–Trinajstić information content (AvgIpc) is 2.46. The lowest BCUT2D eigenvalue weighted by atomic mass is 9.94. The van der Waals surface area contributed by atoms with Crippen LogP contribution in [0.5, 0.6) is 0 Å². The summed E-state index contributed by atoms with van der Waals surface area (Å²) in [7, 11) is 0. The fourth-order valence-corrected chi connectivity index (χ4v) is 2.83. The van der Waals surface area contributed by atoms with Gasteiger partial charge in [-0.05, 0) is 36.8 Å². The molecule has 1 N–H and O–H groups in total. The molecule has 0 radical (unpaired) electrons. The van der Waals surface area contributed by atoms with Gasteiger partial charge in [-0.15, -0.1) is 0 Å². The van der Waals surface area contributed by atoms with Crippen LogP contribution in [0.4, 0.5) is 0 Å². The van der Waals surface area contributed by atoms with E-state index < -0.39 is 0 Å². The van der Waals surface area contributed by atoms with E-state index in [-0.39, 0.29) is 6.04 Å². The van der Waals surface area contributed by atoms with Crippen molar-refractivity contribution in [2.75, 3.05) is 18.6 Å². The number of rotatable bonds is 6. The first-order valence-electron chi connectivity index (χ1n) is 7.07. The van der Waals surface area contributed by atoms with Crippen molar-refractivity contribution in [3.8, 4) is 0 Å². The van der Waals surface area contributed by atoms with Crippen LogP contribution >= 0.6 is 11.8 Å². The first-order valence-corrected chi connectivity index (χ1v) is 8.46. The zero-order chi connectivity index (χ0) is 14.4. The highest BCUT2D eigenvalue weighted by molar-refractivity contribution is 7.98. The minimum absolute atomic E-state index is 0.281. The lowest BCUT2D eigenvalue weighted by Gasteiger charge is -2.22. The van der Waals surface area contributed by atoms with Crippen LogP contribution in [-0.2, 0) is 0 Å². The van der Waals surface area contributed by atoms with Gasteiger partial charge < -0.3 is 5.32 Å². The second-order valence-electron chi connectivity index (χ2n) is 5.15. The molecule has 0 aliphatic heterocycles. The summed E-state index contributed by atoms with van der Waals surface area (Å²) in [5.41, 5.74) is 5.39. The summed E-state index contributed by atoms with van der Waals surface area (Å²) in [6, 6.07) is 17.7. The molecule has 0 amide bonds. The Morgan fingerprint density at radius 3 is 2.45 bits per heavy atom. The van der Waals surface area contributed by atoms with Gasteiger partial charge in [-0.25, -0.2) is 0 Å². The molecule has 0 heterocycles. The van der Waals surface area contributed by atoms with E-state index in [4.69, 9.17) is 0 Å². The maximum atomic E-state index is 3.69. The van der Waals surface area contributed by atoms with Crippen LogP contribution in [-0.4, -0.2) is 18.6 Å². The highest BCUT2D eigenvalue weighted by Gasteiger charge is 2.15. The van der Waals surface area contributed by atoms with E-state index in [9.17, 15) is 0 Å². The van der Waals surface area contributed by atoms with Gasteiger partial charge in [-0.2, -0.15) is 11.8 Å². The Morgan fingerprint density at radius 2 is 1.80 bits per heavy atom. The van der Waals surface area contributed by atoms with Crippen molar-refractivity contribution in [1.29, 1.82) is 0 Å². The predicted octanol–water partition coefficient (Wildman–Crippen LogP) is 4.35. The molecule has 0 aliphatic rings. The number of hydrogen-bond donors (Lipinski definition) is 1. The van der Waals surface area contributed by atoms with Crippen molar-refractivity contribution in [1.82, 2.24) is 5.32 Å². The molecular weight excluding hydrogens is 262 g/mol.